The van der Waals surface area contributed by atoms with Crippen LogP contribution in [0.2, 0.25) is 0 Å². The smallest absolute Gasteiger partial charge is 0.314 e. The van der Waals surface area contributed by atoms with Crippen molar-refractivity contribution in [1.82, 2.24) is 35.6 Å². The van der Waals surface area contributed by atoms with Gasteiger partial charge >= 0.3 is 12.0 Å². The van der Waals surface area contributed by atoms with Crippen LogP contribution in [0.5, 0.6) is 5.75 Å². The molecule has 6 N–H and O–H groups in total. The second-order valence-corrected chi connectivity index (χ2v) is 29.8. The third-order valence-electron chi connectivity index (χ3n) is 20.9. The Balaban J connectivity index is 1.20. The first kappa shape index (κ1) is 88.4. The van der Waals surface area contributed by atoms with Crippen molar-refractivity contribution in [3.8, 4) is 5.75 Å². The number of likely N-dealkylation sites (N-methyl/N-ethyl adjacent to an activating group) is 2. The zero-order chi connectivity index (χ0) is 79.1. The van der Waals surface area contributed by atoms with Crippen LogP contribution in [0, 0.1) is 82.3 Å². The van der Waals surface area contributed by atoms with E-state index in [4.69, 9.17) is 15.2 Å². The van der Waals surface area contributed by atoms with E-state index in [1.54, 1.807) is 68.8 Å². The standard InChI is InChI=1S/C78H112F5N9O14/c1-16-46(8)71(90(13)76(101)55(43(2)3)40-59(95)70(45(6)7)89(11)12)60(104-14)41-63(98)92-34-21-25-56(92)72(105-15)48(10)57(93)39-53(37-49-22-18-17-19-23-49)74(99)86-42-50-26-28-54(29-27-50)87-75(100)51(24-20-33-85-78(84)103)38-58(94)69(44(4)5)88-61(96)30-31-62(97)91-35-32-52(36-47(91)9)77(102)106-73-67(82)65(80)64(79)66(81)68(73)83/h17-19,22-23,26-29,43-48,51-53,55-56,60,69-72H,16,20-21,24-25,30-42H2,1-15H3,(H,86,99)(H,87,100)(H,88,96)(H3,84,85,103)/t46-,47?,48-,51+,52?,53+,55-,56-,60+,69-,70-,71-,72+/m0/s1. The lowest BCUT2D eigenvalue weighted by atomic mass is 9.83. The number of ether oxygens (including phenoxy) is 3. The number of rotatable bonds is 41. The summed E-state index contributed by atoms with van der Waals surface area (Å²) in [5, 5.41) is 11.0. The molecule has 0 radical (unpaired) electrons. The molecule has 0 spiro atoms. The average molecular weight is 1490 g/mol. The van der Waals surface area contributed by atoms with Crippen LogP contribution in [0.3, 0.4) is 0 Å². The Hall–Kier alpha value is -8.24. The zero-order valence-electron chi connectivity index (χ0n) is 64.1. The van der Waals surface area contributed by atoms with Gasteiger partial charge in [-0.15, -0.1) is 0 Å². The number of hydrogen-bond donors (Lipinski definition) is 5. The van der Waals surface area contributed by atoms with Gasteiger partial charge in [0.15, 0.2) is 11.6 Å². The molecule has 0 aliphatic carbocycles. The molecule has 2 aliphatic heterocycles. The van der Waals surface area contributed by atoms with Gasteiger partial charge in [0.2, 0.25) is 70.3 Å². The van der Waals surface area contributed by atoms with Crippen LogP contribution in [0.25, 0.3) is 0 Å². The van der Waals surface area contributed by atoms with E-state index in [1.165, 1.54) is 19.1 Å². The third-order valence-corrected chi connectivity index (χ3v) is 20.9. The van der Waals surface area contributed by atoms with E-state index >= 15 is 0 Å². The van der Waals surface area contributed by atoms with Crippen LogP contribution in [0.4, 0.5) is 32.4 Å². The fourth-order valence-electron chi connectivity index (χ4n) is 14.8. The summed E-state index contributed by atoms with van der Waals surface area (Å²) in [7, 11) is 8.51. The van der Waals surface area contributed by atoms with Crippen LogP contribution in [0.15, 0.2) is 54.6 Å². The van der Waals surface area contributed by atoms with E-state index < -0.39 is 142 Å². The monoisotopic (exact) mass is 1490 g/mol. The number of halogens is 5. The highest BCUT2D eigenvalue weighted by molar-refractivity contribution is 5.98. The van der Waals surface area contributed by atoms with Crippen molar-refractivity contribution < 1.29 is 88.9 Å². The Kier molecular flexibility index (Phi) is 34.8. The van der Waals surface area contributed by atoms with E-state index in [2.05, 4.69) is 26.0 Å². The van der Waals surface area contributed by atoms with Crippen molar-refractivity contribution >= 4 is 70.5 Å². The fourth-order valence-corrected chi connectivity index (χ4v) is 14.8. The summed E-state index contributed by atoms with van der Waals surface area (Å²) in [6.07, 6.45) is -0.321. The molecule has 8 amide bonds. The van der Waals surface area contributed by atoms with Gasteiger partial charge in [0.1, 0.15) is 5.78 Å². The van der Waals surface area contributed by atoms with Gasteiger partial charge in [0.25, 0.3) is 0 Å². The minimum absolute atomic E-state index is 0.00421. The van der Waals surface area contributed by atoms with E-state index in [-0.39, 0.29) is 143 Å². The first-order valence-corrected chi connectivity index (χ1v) is 36.9. The zero-order valence-corrected chi connectivity index (χ0v) is 64.1. The molecular formula is C78H112F5N9O14. The number of amides is 8. The molecule has 2 aliphatic rings. The quantitative estimate of drug-likeness (QED) is 0.00882. The molecule has 28 heteroatoms. The third kappa shape index (κ3) is 24.4. The summed E-state index contributed by atoms with van der Waals surface area (Å²) in [6, 6.07) is 12.0. The summed E-state index contributed by atoms with van der Waals surface area (Å²) in [5.74, 6) is -22.7. The molecule has 106 heavy (non-hydrogen) atoms. The Bertz CT molecular complexity index is 3480. The minimum atomic E-state index is -2.42. The number of piperidine rings is 1. The molecule has 23 nitrogen and oxygen atoms in total. The largest absolute Gasteiger partial charge is 0.420 e. The molecule has 2 unspecified atom stereocenters. The Labute approximate surface area is 620 Å². The number of primary amides is 1. The number of nitrogens with zero attached hydrogens (tertiary/aromatic N) is 4. The molecule has 3 aromatic rings. The number of nitrogens with one attached hydrogen (secondary N) is 4. The van der Waals surface area contributed by atoms with Gasteiger partial charge in [-0.05, 0) is 113 Å². The maximum atomic E-state index is 14.7. The van der Waals surface area contributed by atoms with Crippen LogP contribution < -0.4 is 31.7 Å². The van der Waals surface area contributed by atoms with Crippen molar-refractivity contribution in [3.63, 3.8) is 0 Å². The van der Waals surface area contributed by atoms with Crippen LogP contribution >= 0.6 is 0 Å². The lowest BCUT2D eigenvalue weighted by Crippen LogP contribution is -2.54. The number of benzene rings is 3. The second kappa shape index (κ2) is 41.8. The summed E-state index contributed by atoms with van der Waals surface area (Å²) in [4.78, 5) is 158. The number of nitrogens with two attached hydrogens (primary N) is 1. The predicted octanol–water partition coefficient (Wildman–Crippen LogP) is 9.67. The van der Waals surface area contributed by atoms with Gasteiger partial charge in [-0.1, -0.05) is 111 Å². The van der Waals surface area contributed by atoms with E-state index in [1.807, 2.05) is 90.9 Å². The number of carbonyl (C=O) groups excluding carboxylic acids is 11. The molecule has 0 bridgehead atoms. The first-order valence-electron chi connectivity index (χ1n) is 36.9. The lowest BCUT2D eigenvalue weighted by molar-refractivity contribution is -0.149. The predicted molar refractivity (Wildman–Crippen MR) is 388 cm³/mol. The van der Waals surface area contributed by atoms with Gasteiger partial charge in [0.05, 0.1) is 48.7 Å². The Morgan fingerprint density at radius 3 is 1.83 bits per heavy atom. The second-order valence-electron chi connectivity index (χ2n) is 29.8. The summed E-state index contributed by atoms with van der Waals surface area (Å²) in [6.45, 7) is 19.1. The van der Waals surface area contributed by atoms with E-state index in [0.717, 1.165) is 5.56 Å². The highest BCUT2D eigenvalue weighted by Gasteiger charge is 2.45. The molecule has 3 aromatic carbocycles. The normalized spacial score (nSPS) is 18.2. The number of Topliss-reactive ketones (excluding diaryl/α,β-unsaturated/α-hetero) is 3. The number of urea groups is 1. The summed E-state index contributed by atoms with van der Waals surface area (Å²) >= 11 is 0. The molecule has 2 saturated heterocycles. The summed E-state index contributed by atoms with van der Waals surface area (Å²) in [5.41, 5.74) is 7.10. The number of methoxy groups -OCH3 is 2. The molecule has 0 aromatic heterocycles. The lowest BCUT2D eigenvalue weighted by Gasteiger charge is -2.41. The average Bonchev–Trinajstić information content (AvgIpc) is 0.894. The van der Waals surface area contributed by atoms with Gasteiger partial charge in [0, 0.05) is 115 Å². The van der Waals surface area contributed by atoms with Crippen molar-refractivity contribution in [3.05, 3.63) is 94.8 Å². The topological polar surface area (TPSA) is 303 Å². The summed E-state index contributed by atoms with van der Waals surface area (Å²) < 4.78 is 86.5. The van der Waals surface area contributed by atoms with Crippen LogP contribution in [0.1, 0.15) is 164 Å². The van der Waals surface area contributed by atoms with Crippen molar-refractivity contribution in [1.29, 1.82) is 0 Å². The molecular weight excluding hydrogens is 1380 g/mol. The molecule has 13 atom stereocenters. The Morgan fingerprint density at radius 2 is 1.27 bits per heavy atom. The molecule has 2 heterocycles. The van der Waals surface area contributed by atoms with Gasteiger partial charge in [-0.3, -0.25) is 52.8 Å². The maximum absolute atomic E-state index is 14.7. The van der Waals surface area contributed by atoms with Gasteiger partial charge in [-0.2, -0.15) is 8.78 Å². The van der Waals surface area contributed by atoms with Crippen molar-refractivity contribution in [2.24, 2.45) is 59.0 Å². The number of hydrogen-bond acceptors (Lipinski definition) is 15. The van der Waals surface area contributed by atoms with E-state index in [9.17, 15) is 74.7 Å². The molecule has 2 fully saturated rings. The van der Waals surface area contributed by atoms with E-state index in [0.29, 0.717) is 37.1 Å². The molecule has 5 rings (SSSR count). The minimum Gasteiger partial charge on any atom is -0.420 e. The van der Waals surface area contributed by atoms with Crippen LogP contribution in [-0.2, 0) is 70.4 Å². The SMILES string of the molecule is CC[C@H](C)[C@@H]([C@@H](CC(=O)N1CCC[C@H]1[C@H](OC)[C@@H](C)C(=O)C[C@@H](Cc1ccccc1)C(=O)NCc1ccc(NC(=O)[C@H](CCCNC(N)=O)CC(=O)[C@@H](NC(=O)CCC(=O)N2CCC(C(=O)Oc3c(F)c(F)c(F)c(F)c3F)CC2C)C(C)C)cc1)OC)N(C)C(=O)[C@@H](CC(=O)[C@H](C(C)C)N(C)C)C(C)C. The molecule has 588 valence electrons. The fraction of sp³-hybridized carbons (Fsp3) is 0.628. The van der Waals surface area contributed by atoms with Gasteiger partial charge < -0.3 is 55.9 Å². The highest BCUT2D eigenvalue weighted by atomic mass is 19.2. The maximum Gasteiger partial charge on any atom is 0.314 e. The number of esters is 1. The number of ketones is 3. The number of likely N-dealkylation sites (tertiary alicyclic amines) is 2. The van der Waals surface area contributed by atoms with Gasteiger partial charge in [-0.25, -0.2) is 18.0 Å². The number of anilines is 1. The Morgan fingerprint density at radius 1 is 0.651 bits per heavy atom. The molecule has 0 saturated carbocycles. The highest BCUT2D eigenvalue weighted by Crippen LogP contribution is 2.35. The van der Waals surface area contributed by atoms with Crippen LogP contribution in [-0.4, -0.2) is 182 Å². The first-order chi connectivity index (χ1) is 50.0. The number of carbonyl (C=O) groups is 11. The van der Waals surface area contributed by atoms with Crippen molar-refractivity contribution in [2.75, 3.05) is 60.3 Å². The van der Waals surface area contributed by atoms with Crippen molar-refractivity contribution in [2.45, 2.75) is 208 Å².